The highest BCUT2D eigenvalue weighted by molar-refractivity contribution is 7.86. The summed E-state index contributed by atoms with van der Waals surface area (Å²) in [6, 6.07) is -1.99. The van der Waals surface area contributed by atoms with Gasteiger partial charge in [-0.05, 0) is 0 Å². The minimum atomic E-state index is -4.56. The molecule has 0 amide bonds. The first-order valence-electron chi connectivity index (χ1n) is 4.64. The van der Waals surface area contributed by atoms with Crippen LogP contribution in [0.3, 0.4) is 0 Å². The predicted molar refractivity (Wildman–Crippen MR) is 52.0 cm³/mol. The molecule has 96 valence electrons. The zero-order valence-electron chi connectivity index (χ0n) is 8.95. The van der Waals surface area contributed by atoms with Gasteiger partial charge in [-0.25, -0.2) is 0 Å². The second kappa shape index (κ2) is 4.47. The van der Waals surface area contributed by atoms with E-state index in [0.29, 0.717) is 4.31 Å². The average molecular weight is 261 g/mol. The zero-order chi connectivity index (χ0) is 12.6. The van der Waals surface area contributed by atoms with Crippen LogP contribution in [-0.2, 0) is 10.2 Å². The van der Waals surface area contributed by atoms with Crippen molar-refractivity contribution in [1.82, 2.24) is 13.9 Å². The molecular formula is C7H14F3N3O2S. The molecule has 1 atom stereocenters. The van der Waals surface area contributed by atoms with Gasteiger partial charge in [-0.15, -0.1) is 0 Å². The van der Waals surface area contributed by atoms with Crippen molar-refractivity contribution in [3.63, 3.8) is 0 Å². The van der Waals surface area contributed by atoms with Crippen LogP contribution in [-0.4, -0.2) is 63.0 Å². The lowest BCUT2D eigenvalue weighted by molar-refractivity contribution is -0.174. The van der Waals surface area contributed by atoms with Gasteiger partial charge in [0.2, 0.25) is 0 Å². The third kappa shape index (κ3) is 2.65. The van der Waals surface area contributed by atoms with Gasteiger partial charge in [0.1, 0.15) is 6.04 Å². The first-order chi connectivity index (χ1) is 7.17. The van der Waals surface area contributed by atoms with Crippen molar-refractivity contribution >= 4 is 10.2 Å². The molecule has 1 fully saturated rings. The molecule has 1 rings (SSSR count). The Labute approximate surface area is 92.4 Å². The number of alkyl halides is 3. The third-order valence-electron chi connectivity index (χ3n) is 2.33. The lowest BCUT2D eigenvalue weighted by Gasteiger charge is -2.37. The van der Waals surface area contributed by atoms with Gasteiger partial charge in [-0.3, -0.25) is 0 Å². The molecule has 1 aliphatic heterocycles. The SMILES string of the molecule is CN(C)S(=O)(=O)N1CCNCC1C(F)(F)F. The van der Waals surface area contributed by atoms with Crippen molar-refractivity contribution in [2.24, 2.45) is 0 Å². The van der Waals surface area contributed by atoms with Crippen LogP contribution >= 0.6 is 0 Å². The van der Waals surface area contributed by atoms with Gasteiger partial charge in [0.15, 0.2) is 0 Å². The van der Waals surface area contributed by atoms with Gasteiger partial charge in [0.05, 0.1) is 0 Å². The van der Waals surface area contributed by atoms with E-state index in [1.807, 2.05) is 0 Å². The van der Waals surface area contributed by atoms with Crippen molar-refractivity contribution in [2.75, 3.05) is 33.7 Å². The van der Waals surface area contributed by atoms with Crippen molar-refractivity contribution < 1.29 is 21.6 Å². The Morgan fingerprint density at radius 3 is 2.38 bits per heavy atom. The molecule has 0 radical (unpaired) electrons. The summed E-state index contributed by atoms with van der Waals surface area (Å²) in [4.78, 5) is 0. The second-order valence-electron chi connectivity index (χ2n) is 3.66. The van der Waals surface area contributed by atoms with E-state index in [1.165, 1.54) is 14.1 Å². The molecule has 1 unspecified atom stereocenters. The molecule has 9 heteroatoms. The van der Waals surface area contributed by atoms with Crippen LogP contribution in [0.5, 0.6) is 0 Å². The van der Waals surface area contributed by atoms with Gasteiger partial charge in [0, 0.05) is 33.7 Å². The van der Waals surface area contributed by atoms with E-state index in [-0.39, 0.29) is 13.1 Å². The highest BCUT2D eigenvalue weighted by Gasteiger charge is 2.49. The maximum Gasteiger partial charge on any atom is 0.406 e. The van der Waals surface area contributed by atoms with E-state index in [0.717, 1.165) is 4.31 Å². The topological polar surface area (TPSA) is 52.7 Å². The largest absolute Gasteiger partial charge is 0.406 e. The Hall–Kier alpha value is -0.380. The summed E-state index contributed by atoms with van der Waals surface area (Å²) in [6.45, 7) is -0.360. The molecule has 0 bridgehead atoms. The first kappa shape index (κ1) is 13.7. The summed E-state index contributed by atoms with van der Waals surface area (Å²) in [7, 11) is -1.60. The van der Waals surface area contributed by atoms with E-state index in [9.17, 15) is 21.6 Å². The van der Waals surface area contributed by atoms with Gasteiger partial charge in [-0.1, -0.05) is 0 Å². The molecule has 0 aromatic heterocycles. The molecule has 0 aromatic carbocycles. The molecule has 1 saturated heterocycles. The molecule has 1 heterocycles. The van der Waals surface area contributed by atoms with Crippen LogP contribution in [0, 0.1) is 0 Å². The summed E-state index contributed by atoms with van der Waals surface area (Å²) in [5.41, 5.74) is 0. The fourth-order valence-corrected chi connectivity index (χ4v) is 2.71. The van der Waals surface area contributed by atoms with Crippen molar-refractivity contribution in [3.8, 4) is 0 Å². The quantitative estimate of drug-likeness (QED) is 0.738. The number of hydrogen-bond acceptors (Lipinski definition) is 3. The molecule has 5 nitrogen and oxygen atoms in total. The minimum Gasteiger partial charge on any atom is -0.313 e. The Bertz CT molecular complexity index is 341. The maximum absolute atomic E-state index is 12.6. The van der Waals surface area contributed by atoms with Crippen molar-refractivity contribution in [1.29, 1.82) is 0 Å². The first-order valence-corrected chi connectivity index (χ1v) is 6.04. The van der Waals surface area contributed by atoms with E-state index in [2.05, 4.69) is 5.32 Å². The molecule has 0 aliphatic carbocycles. The standard InChI is InChI=1S/C7H14F3N3O2S/c1-12(2)16(14,15)13-4-3-11-5-6(13)7(8,9)10/h6,11H,3-5H2,1-2H3. The van der Waals surface area contributed by atoms with Crippen molar-refractivity contribution in [3.05, 3.63) is 0 Å². The summed E-state index contributed by atoms with van der Waals surface area (Å²) >= 11 is 0. The Kier molecular flexibility index (Phi) is 3.83. The second-order valence-corrected chi connectivity index (χ2v) is 5.76. The number of nitrogens with zero attached hydrogens (tertiary/aromatic N) is 2. The Morgan fingerprint density at radius 2 is 1.94 bits per heavy atom. The number of hydrogen-bond donors (Lipinski definition) is 1. The molecule has 1 aliphatic rings. The van der Waals surface area contributed by atoms with Crippen molar-refractivity contribution in [2.45, 2.75) is 12.2 Å². The number of nitrogens with one attached hydrogen (secondary N) is 1. The van der Waals surface area contributed by atoms with Gasteiger partial charge in [-0.2, -0.15) is 30.2 Å². The van der Waals surface area contributed by atoms with Gasteiger partial charge in [0.25, 0.3) is 10.2 Å². The van der Waals surface area contributed by atoms with Crippen LogP contribution < -0.4 is 5.32 Å². The normalized spacial score (nSPS) is 25.0. The number of piperazine rings is 1. The van der Waals surface area contributed by atoms with E-state index < -0.39 is 29.0 Å². The number of halogens is 3. The number of rotatable bonds is 2. The van der Waals surface area contributed by atoms with Gasteiger partial charge >= 0.3 is 6.18 Å². The average Bonchev–Trinajstić information content (AvgIpc) is 2.16. The summed E-state index contributed by atoms with van der Waals surface area (Å²) in [6.07, 6.45) is -4.56. The zero-order valence-corrected chi connectivity index (χ0v) is 9.77. The maximum atomic E-state index is 12.6. The van der Waals surface area contributed by atoms with Crippen LogP contribution in [0.4, 0.5) is 13.2 Å². The third-order valence-corrected chi connectivity index (χ3v) is 4.28. The smallest absolute Gasteiger partial charge is 0.313 e. The fraction of sp³-hybridized carbons (Fsp3) is 1.00. The van der Waals surface area contributed by atoms with E-state index >= 15 is 0 Å². The molecule has 0 aromatic rings. The fourth-order valence-electron chi connectivity index (χ4n) is 1.45. The summed E-state index contributed by atoms with van der Waals surface area (Å²) < 4.78 is 62.5. The minimum absolute atomic E-state index is 0.176. The van der Waals surface area contributed by atoms with E-state index in [4.69, 9.17) is 0 Å². The highest BCUT2D eigenvalue weighted by Crippen LogP contribution is 2.28. The molecule has 1 N–H and O–H groups in total. The summed E-state index contributed by atoms with van der Waals surface area (Å²) in [5.74, 6) is 0. The van der Waals surface area contributed by atoms with Crippen LogP contribution in [0.15, 0.2) is 0 Å². The predicted octanol–water partition coefficient (Wildman–Crippen LogP) is -0.371. The molecular weight excluding hydrogens is 247 g/mol. The Balaban J connectivity index is 3.00. The molecule has 0 saturated carbocycles. The van der Waals surface area contributed by atoms with Crippen LogP contribution in [0.1, 0.15) is 0 Å². The highest BCUT2D eigenvalue weighted by atomic mass is 32.2. The lowest BCUT2D eigenvalue weighted by atomic mass is 10.2. The van der Waals surface area contributed by atoms with Crippen LogP contribution in [0.2, 0.25) is 0 Å². The van der Waals surface area contributed by atoms with Crippen LogP contribution in [0.25, 0.3) is 0 Å². The Morgan fingerprint density at radius 1 is 1.38 bits per heavy atom. The molecule has 0 spiro atoms. The lowest BCUT2D eigenvalue weighted by Crippen LogP contribution is -2.61. The monoisotopic (exact) mass is 261 g/mol. The summed E-state index contributed by atoms with van der Waals surface area (Å²) in [5, 5.41) is 2.54. The van der Waals surface area contributed by atoms with E-state index in [1.54, 1.807) is 0 Å². The van der Waals surface area contributed by atoms with Gasteiger partial charge < -0.3 is 5.32 Å². The molecule has 16 heavy (non-hydrogen) atoms.